The minimum Gasteiger partial charge on any atom is -0.321 e. The third kappa shape index (κ3) is 4.05. The summed E-state index contributed by atoms with van der Waals surface area (Å²) in [5.41, 5.74) is 2.19. The second-order valence-corrected chi connectivity index (χ2v) is 7.22. The molecule has 0 saturated carbocycles. The van der Waals surface area contributed by atoms with E-state index in [1.54, 1.807) is 0 Å². The molecule has 4 nitrogen and oxygen atoms in total. The maximum Gasteiger partial charge on any atom is 0.321 e. The van der Waals surface area contributed by atoms with Gasteiger partial charge in [0, 0.05) is 24.8 Å². The Morgan fingerprint density at radius 1 is 1.04 bits per heavy atom. The normalized spacial score (nSPS) is 20.2. The maximum atomic E-state index is 12.3. The maximum absolute atomic E-state index is 12.3. The van der Waals surface area contributed by atoms with Crippen LogP contribution in [-0.2, 0) is 0 Å². The van der Waals surface area contributed by atoms with Gasteiger partial charge in [-0.05, 0) is 49.5 Å². The van der Waals surface area contributed by atoms with E-state index in [0.717, 1.165) is 18.8 Å². The molecule has 2 aliphatic rings. The molecule has 3 rings (SSSR count). The van der Waals surface area contributed by atoms with Crippen molar-refractivity contribution in [3.05, 3.63) is 29.8 Å². The van der Waals surface area contributed by atoms with Gasteiger partial charge in [-0.2, -0.15) is 0 Å². The summed E-state index contributed by atoms with van der Waals surface area (Å²) in [4.78, 5) is 16.8. The summed E-state index contributed by atoms with van der Waals surface area (Å²) in [6, 6.07) is 8.79. The highest BCUT2D eigenvalue weighted by Crippen LogP contribution is 2.21. The molecular formula is C19H29N3O. The molecule has 2 heterocycles. The van der Waals surface area contributed by atoms with Crippen LogP contribution in [0.2, 0.25) is 0 Å². The Morgan fingerprint density at radius 3 is 2.22 bits per heavy atom. The molecule has 1 N–H and O–H groups in total. The molecule has 0 spiro atoms. The van der Waals surface area contributed by atoms with Gasteiger partial charge in [0.15, 0.2) is 0 Å². The molecule has 4 heteroatoms. The second-order valence-electron chi connectivity index (χ2n) is 7.22. The number of hydrogen-bond acceptors (Lipinski definition) is 2. The Morgan fingerprint density at radius 2 is 1.65 bits per heavy atom. The van der Waals surface area contributed by atoms with E-state index in [4.69, 9.17) is 0 Å². The first kappa shape index (κ1) is 16.3. The summed E-state index contributed by atoms with van der Waals surface area (Å²) >= 11 is 0. The molecule has 0 bridgehead atoms. The summed E-state index contributed by atoms with van der Waals surface area (Å²) < 4.78 is 0. The number of anilines is 1. The minimum atomic E-state index is 0.0355. The van der Waals surface area contributed by atoms with E-state index >= 15 is 0 Å². The Bertz CT molecular complexity index is 512. The zero-order chi connectivity index (χ0) is 16.2. The third-order valence-corrected chi connectivity index (χ3v) is 5.14. The molecule has 2 saturated heterocycles. The van der Waals surface area contributed by atoms with Gasteiger partial charge in [0.25, 0.3) is 0 Å². The van der Waals surface area contributed by atoms with Crippen molar-refractivity contribution in [2.24, 2.45) is 0 Å². The van der Waals surface area contributed by atoms with Crippen molar-refractivity contribution < 1.29 is 4.79 Å². The number of nitrogens with one attached hydrogen (secondary N) is 1. The van der Waals surface area contributed by atoms with Gasteiger partial charge in [0.2, 0.25) is 0 Å². The summed E-state index contributed by atoms with van der Waals surface area (Å²) in [6.07, 6.45) is 5.34. The average molecular weight is 315 g/mol. The average Bonchev–Trinajstić information content (AvgIpc) is 2.75. The number of likely N-dealkylation sites (tertiary alicyclic amines) is 2. The monoisotopic (exact) mass is 315 g/mol. The molecule has 0 atom stereocenters. The molecule has 126 valence electrons. The van der Waals surface area contributed by atoms with Crippen LogP contribution >= 0.6 is 0 Å². The van der Waals surface area contributed by atoms with Gasteiger partial charge in [0.1, 0.15) is 0 Å². The highest BCUT2D eigenvalue weighted by atomic mass is 16.2. The Balaban J connectivity index is 1.46. The summed E-state index contributed by atoms with van der Waals surface area (Å²) in [5, 5.41) is 3.01. The Hall–Kier alpha value is -1.55. The largest absolute Gasteiger partial charge is 0.321 e. The minimum absolute atomic E-state index is 0.0355. The number of amides is 2. The van der Waals surface area contributed by atoms with E-state index in [2.05, 4.69) is 36.2 Å². The quantitative estimate of drug-likeness (QED) is 0.918. The van der Waals surface area contributed by atoms with Gasteiger partial charge in [-0.15, -0.1) is 0 Å². The van der Waals surface area contributed by atoms with Gasteiger partial charge in [-0.25, -0.2) is 4.79 Å². The van der Waals surface area contributed by atoms with Crippen LogP contribution in [0, 0.1) is 0 Å². The summed E-state index contributed by atoms with van der Waals surface area (Å²) in [6.45, 7) is 8.51. The van der Waals surface area contributed by atoms with E-state index in [1.807, 2.05) is 17.0 Å². The number of rotatable bonds is 3. The molecule has 0 radical (unpaired) electrons. The zero-order valence-electron chi connectivity index (χ0n) is 14.4. The highest BCUT2D eigenvalue weighted by Gasteiger charge is 2.34. The van der Waals surface area contributed by atoms with Crippen LogP contribution in [0.15, 0.2) is 24.3 Å². The Kier molecular flexibility index (Phi) is 5.21. The molecular weight excluding hydrogens is 286 g/mol. The SMILES string of the molecule is CC(C)c1ccc(NC(=O)N2CC(N3CCCCCC3)C2)cc1. The molecule has 23 heavy (non-hydrogen) atoms. The first-order chi connectivity index (χ1) is 11.1. The number of benzene rings is 1. The van der Waals surface area contributed by atoms with Crippen LogP contribution in [0.25, 0.3) is 0 Å². The van der Waals surface area contributed by atoms with Crippen LogP contribution in [-0.4, -0.2) is 48.1 Å². The summed E-state index contributed by atoms with van der Waals surface area (Å²) in [7, 11) is 0. The molecule has 2 fully saturated rings. The smallest absolute Gasteiger partial charge is 0.321 e. The van der Waals surface area contributed by atoms with Crippen LogP contribution in [0.5, 0.6) is 0 Å². The lowest BCUT2D eigenvalue weighted by molar-refractivity contribution is 0.0638. The fraction of sp³-hybridized carbons (Fsp3) is 0.632. The van der Waals surface area contributed by atoms with Crippen molar-refractivity contribution in [3.63, 3.8) is 0 Å². The number of carbonyl (C=O) groups is 1. The van der Waals surface area contributed by atoms with Crippen LogP contribution in [0.3, 0.4) is 0 Å². The first-order valence-electron chi connectivity index (χ1n) is 9.03. The number of urea groups is 1. The van der Waals surface area contributed by atoms with Gasteiger partial charge >= 0.3 is 6.03 Å². The second kappa shape index (κ2) is 7.35. The fourth-order valence-electron chi connectivity index (χ4n) is 3.47. The first-order valence-corrected chi connectivity index (χ1v) is 9.03. The number of nitrogens with zero attached hydrogens (tertiary/aromatic N) is 2. The van der Waals surface area contributed by atoms with Gasteiger partial charge in [-0.1, -0.05) is 38.8 Å². The zero-order valence-corrected chi connectivity index (χ0v) is 14.4. The standard InChI is InChI=1S/C19H29N3O/c1-15(2)16-7-9-17(10-8-16)20-19(23)22-13-18(14-22)21-11-5-3-4-6-12-21/h7-10,15,18H,3-6,11-14H2,1-2H3,(H,20,23). The number of hydrogen-bond donors (Lipinski definition) is 1. The molecule has 2 amide bonds. The number of carbonyl (C=O) groups excluding carboxylic acids is 1. The third-order valence-electron chi connectivity index (χ3n) is 5.14. The van der Waals surface area contributed by atoms with Crippen molar-refractivity contribution in [1.29, 1.82) is 0 Å². The Labute approximate surface area is 139 Å². The molecule has 0 unspecified atom stereocenters. The molecule has 0 aromatic heterocycles. The van der Waals surface area contributed by atoms with Crippen molar-refractivity contribution in [2.75, 3.05) is 31.5 Å². The lowest BCUT2D eigenvalue weighted by atomic mass is 10.0. The lowest BCUT2D eigenvalue weighted by Crippen LogP contribution is -2.62. The van der Waals surface area contributed by atoms with Gasteiger partial charge < -0.3 is 10.2 Å². The topological polar surface area (TPSA) is 35.6 Å². The van der Waals surface area contributed by atoms with Crippen molar-refractivity contribution in [2.45, 2.75) is 51.5 Å². The van der Waals surface area contributed by atoms with E-state index < -0.39 is 0 Å². The van der Waals surface area contributed by atoms with E-state index in [0.29, 0.717) is 12.0 Å². The highest BCUT2D eigenvalue weighted by molar-refractivity contribution is 5.89. The molecule has 0 aliphatic carbocycles. The van der Waals surface area contributed by atoms with Crippen molar-refractivity contribution in [3.8, 4) is 0 Å². The molecule has 1 aromatic rings. The lowest BCUT2D eigenvalue weighted by Gasteiger charge is -2.45. The molecule has 1 aromatic carbocycles. The van der Waals surface area contributed by atoms with Crippen molar-refractivity contribution in [1.82, 2.24) is 9.80 Å². The van der Waals surface area contributed by atoms with Crippen LogP contribution in [0.4, 0.5) is 10.5 Å². The van der Waals surface area contributed by atoms with Crippen molar-refractivity contribution >= 4 is 11.7 Å². The summed E-state index contributed by atoms with van der Waals surface area (Å²) in [5.74, 6) is 0.518. The van der Waals surface area contributed by atoms with E-state index in [9.17, 15) is 4.79 Å². The predicted octanol–water partition coefficient (Wildman–Crippen LogP) is 3.90. The van der Waals surface area contributed by atoms with E-state index in [-0.39, 0.29) is 6.03 Å². The predicted molar refractivity (Wildman–Crippen MR) is 95.0 cm³/mol. The van der Waals surface area contributed by atoms with Gasteiger partial charge in [-0.3, -0.25) is 4.90 Å². The van der Waals surface area contributed by atoms with Crippen LogP contribution in [0.1, 0.15) is 51.0 Å². The molecule has 2 aliphatic heterocycles. The fourth-order valence-corrected chi connectivity index (χ4v) is 3.47. The van der Waals surface area contributed by atoms with Crippen LogP contribution < -0.4 is 5.32 Å². The van der Waals surface area contributed by atoms with Gasteiger partial charge in [0.05, 0.1) is 0 Å². The van der Waals surface area contributed by atoms with E-state index in [1.165, 1.54) is 44.3 Å².